The predicted molar refractivity (Wildman–Crippen MR) is 102 cm³/mol. The number of sulfonamides is 1. The number of aryl methyl sites for hydroxylation is 1. The Labute approximate surface area is 162 Å². The van der Waals surface area contributed by atoms with E-state index in [0.29, 0.717) is 23.2 Å². The van der Waals surface area contributed by atoms with E-state index in [1.807, 2.05) is 18.6 Å². The maximum atomic E-state index is 12.8. The molecule has 0 unspecified atom stereocenters. The number of hydrogen-bond acceptors (Lipinski definition) is 5. The molecule has 1 amide bonds. The van der Waals surface area contributed by atoms with Crippen LogP contribution in [0.2, 0.25) is 0 Å². The molecule has 0 bridgehead atoms. The van der Waals surface area contributed by atoms with Gasteiger partial charge in [0.1, 0.15) is 0 Å². The lowest BCUT2D eigenvalue weighted by atomic mass is 9.98. The fourth-order valence-electron chi connectivity index (χ4n) is 2.97. The zero-order valence-electron chi connectivity index (χ0n) is 15.2. The number of ketones is 1. The minimum Gasteiger partial charge on any atom is -0.327 e. The molecule has 0 spiro atoms. The van der Waals surface area contributed by atoms with Gasteiger partial charge < -0.3 is 4.57 Å². The molecule has 1 aromatic carbocycles. The molecule has 1 aliphatic heterocycles. The van der Waals surface area contributed by atoms with Crippen molar-refractivity contribution < 1.29 is 18.0 Å². The van der Waals surface area contributed by atoms with Crippen molar-refractivity contribution in [2.45, 2.75) is 24.7 Å². The van der Waals surface area contributed by atoms with Gasteiger partial charge in [0.15, 0.2) is 10.6 Å². The molecule has 3 rings (SSSR count). The monoisotopic (exact) mass is 407 g/mol. The Morgan fingerprint density at radius 1 is 1.15 bits per heavy atom. The molecule has 0 N–H and O–H groups in total. The summed E-state index contributed by atoms with van der Waals surface area (Å²) in [7, 11) is -1.80. The van der Waals surface area contributed by atoms with Gasteiger partial charge >= 0.3 is 0 Å². The minimum atomic E-state index is -3.63. The topological polar surface area (TPSA) is 88.8 Å². The molecule has 0 aliphatic carbocycles. The summed E-state index contributed by atoms with van der Waals surface area (Å²) >= 11 is 1.39. The average molecular weight is 408 g/mol. The molecule has 1 aromatic heterocycles. The fraction of sp³-hybridized carbons (Fsp3) is 0.389. The minimum absolute atomic E-state index is 0.110. The molecular weight excluding hydrogens is 386 g/mol. The number of aromatic nitrogens is 1. The number of thiazole rings is 1. The molecule has 1 fully saturated rings. The predicted octanol–water partition coefficient (Wildman–Crippen LogP) is 1.82. The van der Waals surface area contributed by atoms with E-state index in [2.05, 4.69) is 4.99 Å². The van der Waals surface area contributed by atoms with E-state index < -0.39 is 10.0 Å². The van der Waals surface area contributed by atoms with Crippen molar-refractivity contribution in [1.29, 1.82) is 0 Å². The number of nitrogens with zero attached hydrogens (tertiary/aromatic N) is 3. The summed E-state index contributed by atoms with van der Waals surface area (Å²) in [5, 5.41) is 1.86. The SMILES string of the molecule is CC(=O)c1ccc(S(=O)(=O)N2CCC(C(=O)N=c3sccn3C)CC2)cc1. The molecule has 2 aromatic rings. The van der Waals surface area contributed by atoms with Crippen molar-refractivity contribution in [2.75, 3.05) is 13.1 Å². The first-order chi connectivity index (χ1) is 12.8. The Balaban J connectivity index is 1.68. The van der Waals surface area contributed by atoms with E-state index in [1.54, 1.807) is 4.57 Å². The lowest BCUT2D eigenvalue weighted by Gasteiger charge is -2.29. The van der Waals surface area contributed by atoms with Crippen molar-refractivity contribution >= 4 is 33.1 Å². The van der Waals surface area contributed by atoms with Crippen LogP contribution in [0.25, 0.3) is 0 Å². The number of piperidine rings is 1. The van der Waals surface area contributed by atoms with E-state index in [1.165, 1.54) is 46.8 Å². The van der Waals surface area contributed by atoms with E-state index >= 15 is 0 Å². The van der Waals surface area contributed by atoms with E-state index in [0.717, 1.165) is 0 Å². The van der Waals surface area contributed by atoms with Gasteiger partial charge in [-0.1, -0.05) is 12.1 Å². The molecule has 0 radical (unpaired) electrons. The van der Waals surface area contributed by atoms with E-state index in [4.69, 9.17) is 0 Å². The third-order valence-electron chi connectivity index (χ3n) is 4.67. The van der Waals surface area contributed by atoms with Crippen LogP contribution in [0.1, 0.15) is 30.1 Å². The standard InChI is InChI=1S/C18H21N3O4S2/c1-13(22)14-3-5-16(6-4-14)27(24,25)21-9-7-15(8-10-21)17(23)19-18-20(2)11-12-26-18/h3-6,11-12,15H,7-10H2,1-2H3. The second kappa shape index (κ2) is 7.87. The van der Waals surface area contributed by atoms with Gasteiger partial charge in [-0.15, -0.1) is 11.3 Å². The average Bonchev–Trinajstić information content (AvgIpc) is 3.06. The second-order valence-corrected chi connectivity index (χ2v) is 9.32. The summed E-state index contributed by atoms with van der Waals surface area (Å²) < 4.78 is 28.7. The molecule has 0 saturated carbocycles. The van der Waals surface area contributed by atoms with Crippen LogP contribution in [-0.2, 0) is 21.9 Å². The highest BCUT2D eigenvalue weighted by molar-refractivity contribution is 7.89. The summed E-state index contributed by atoms with van der Waals surface area (Å²) in [6, 6.07) is 5.95. The highest BCUT2D eigenvalue weighted by atomic mass is 32.2. The summed E-state index contributed by atoms with van der Waals surface area (Å²) in [5.74, 6) is -0.573. The Hall–Kier alpha value is -2.10. The number of carbonyl (C=O) groups excluding carboxylic acids is 2. The summed E-state index contributed by atoms with van der Waals surface area (Å²) in [5.41, 5.74) is 0.474. The molecule has 144 valence electrons. The van der Waals surface area contributed by atoms with Crippen molar-refractivity contribution in [3.63, 3.8) is 0 Å². The number of amides is 1. The zero-order chi connectivity index (χ0) is 19.6. The molecule has 9 heteroatoms. The smallest absolute Gasteiger partial charge is 0.251 e. The maximum Gasteiger partial charge on any atom is 0.251 e. The lowest BCUT2D eigenvalue weighted by molar-refractivity contribution is -0.122. The first kappa shape index (κ1) is 19.7. The molecule has 0 atom stereocenters. The van der Waals surface area contributed by atoms with Crippen LogP contribution in [-0.4, -0.2) is 42.1 Å². The number of Topliss-reactive ketones (excluding diaryl/α,β-unsaturated/α-hetero) is 1. The third kappa shape index (κ3) is 4.26. The number of benzene rings is 1. The van der Waals surface area contributed by atoms with Crippen LogP contribution in [0.15, 0.2) is 45.7 Å². The van der Waals surface area contributed by atoms with Gasteiger partial charge in [-0.2, -0.15) is 9.30 Å². The Morgan fingerprint density at radius 3 is 2.30 bits per heavy atom. The van der Waals surface area contributed by atoms with Crippen LogP contribution in [0, 0.1) is 5.92 Å². The maximum absolute atomic E-state index is 12.8. The van der Waals surface area contributed by atoms with E-state index in [9.17, 15) is 18.0 Å². The summed E-state index contributed by atoms with van der Waals surface area (Å²) in [6.45, 7) is 1.99. The largest absolute Gasteiger partial charge is 0.327 e. The third-order valence-corrected chi connectivity index (χ3v) is 7.43. The number of rotatable bonds is 4. The first-order valence-corrected chi connectivity index (χ1v) is 10.9. The quantitative estimate of drug-likeness (QED) is 0.723. The van der Waals surface area contributed by atoms with Crippen LogP contribution in [0.4, 0.5) is 0 Å². The van der Waals surface area contributed by atoms with E-state index in [-0.39, 0.29) is 35.6 Å². The molecule has 1 saturated heterocycles. The van der Waals surface area contributed by atoms with Crippen molar-refractivity contribution in [3.05, 3.63) is 46.2 Å². The molecular formula is C18H21N3O4S2. The molecule has 27 heavy (non-hydrogen) atoms. The lowest BCUT2D eigenvalue weighted by Crippen LogP contribution is -2.40. The summed E-state index contributed by atoms with van der Waals surface area (Å²) in [6.07, 6.45) is 2.73. The Bertz CT molecular complexity index is 1010. The Kier molecular flexibility index (Phi) is 5.73. The van der Waals surface area contributed by atoms with Gasteiger partial charge in [0.2, 0.25) is 10.0 Å². The fourth-order valence-corrected chi connectivity index (χ4v) is 5.18. The second-order valence-electron chi connectivity index (χ2n) is 6.51. The van der Waals surface area contributed by atoms with Crippen molar-refractivity contribution in [2.24, 2.45) is 18.0 Å². The summed E-state index contributed by atoms with van der Waals surface area (Å²) in [4.78, 5) is 28.7. The van der Waals surface area contributed by atoms with Crippen LogP contribution in [0.3, 0.4) is 0 Å². The van der Waals surface area contributed by atoms with Crippen LogP contribution >= 0.6 is 11.3 Å². The highest BCUT2D eigenvalue weighted by Crippen LogP contribution is 2.25. The van der Waals surface area contributed by atoms with Gasteiger partial charge in [-0.05, 0) is 31.9 Å². The van der Waals surface area contributed by atoms with Crippen molar-refractivity contribution in [3.8, 4) is 0 Å². The van der Waals surface area contributed by atoms with Crippen molar-refractivity contribution in [1.82, 2.24) is 8.87 Å². The molecule has 7 nitrogen and oxygen atoms in total. The van der Waals surface area contributed by atoms with Gasteiger partial charge in [-0.25, -0.2) is 8.42 Å². The van der Waals surface area contributed by atoms with Crippen LogP contribution < -0.4 is 4.80 Å². The zero-order valence-corrected chi connectivity index (χ0v) is 16.8. The molecule has 2 heterocycles. The Morgan fingerprint density at radius 2 is 1.78 bits per heavy atom. The normalized spacial score (nSPS) is 17.2. The van der Waals surface area contributed by atoms with Gasteiger partial charge in [0.25, 0.3) is 5.91 Å². The first-order valence-electron chi connectivity index (χ1n) is 8.59. The molecule has 1 aliphatic rings. The number of hydrogen-bond donors (Lipinski definition) is 0. The highest BCUT2D eigenvalue weighted by Gasteiger charge is 2.32. The number of carbonyl (C=O) groups is 2. The van der Waals surface area contributed by atoms with Crippen LogP contribution in [0.5, 0.6) is 0 Å². The van der Waals surface area contributed by atoms with Gasteiger partial charge in [-0.3, -0.25) is 9.59 Å². The van der Waals surface area contributed by atoms with Gasteiger partial charge in [0.05, 0.1) is 4.90 Å². The van der Waals surface area contributed by atoms with Gasteiger partial charge in [0, 0.05) is 43.2 Å².